The average molecular weight is 293 g/mol. The predicted molar refractivity (Wildman–Crippen MR) is 82.7 cm³/mol. The van der Waals surface area contributed by atoms with Crippen molar-refractivity contribution in [1.82, 2.24) is 9.97 Å². The molecular formula is C14H23N5O2. The van der Waals surface area contributed by atoms with Gasteiger partial charge in [0.05, 0.1) is 4.92 Å². The highest BCUT2D eigenvalue weighted by Crippen LogP contribution is 2.33. The van der Waals surface area contributed by atoms with Crippen LogP contribution in [0.3, 0.4) is 0 Å². The van der Waals surface area contributed by atoms with Gasteiger partial charge in [0, 0.05) is 19.6 Å². The average Bonchev–Trinajstić information content (AvgIpc) is 2.69. The quantitative estimate of drug-likeness (QED) is 0.664. The van der Waals surface area contributed by atoms with E-state index in [-0.39, 0.29) is 10.6 Å². The van der Waals surface area contributed by atoms with Crippen molar-refractivity contribution in [2.24, 2.45) is 5.92 Å². The molecule has 0 spiro atoms. The molecular weight excluding hydrogens is 270 g/mol. The smallest absolute Gasteiger partial charge is 0.353 e. The van der Waals surface area contributed by atoms with Crippen LogP contribution in [0.2, 0.25) is 0 Å². The third kappa shape index (κ3) is 3.80. The molecule has 7 nitrogen and oxygen atoms in total. The molecule has 1 fully saturated rings. The summed E-state index contributed by atoms with van der Waals surface area (Å²) in [5.41, 5.74) is 0.000466. The molecule has 0 amide bonds. The molecule has 1 atom stereocenters. The van der Waals surface area contributed by atoms with Crippen molar-refractivity contribution in [3.63, 3.8) is 0 Å². The van der Waals surface area contributed by atoms with Crippen LogP contribution in [0.25, 0.3) is 0 Å². The number of hydrogen-bond donors (Lipinski definition) is 1. The first-order valence-electron chi connectivity index (χ1n) is 7.61. The molecule has 2 heterocycles. The zero-order chi connectivity index (χ0) is 15.2. The third-order valence-electron chi connectivity index (χ3n) is 3.84. The molecule has 1 aromatic rings. The Bertz CT molecular complexity index is 494. The summed E-state index contributed by atoms with van der Waals surface area (Å²) in [4.78, 5) is 21.3. The van der Waals surface area contributed by atoms with Crippen LogP contribution in [0.4, 0.5) is 17.3 Å². The largest absolute Gasteiger partial charge is 0.364 e. The van der Waals surface area contributed by atoms with Crippen LogP contribution in [-0.2, 0) is 0 Å². The molecule has 7 heteroatoms. The van der Waals surface area contributed by atoms with Gasteiger partial charge in [0.2, 0.25) is 11.6 Å². The molecule has 21 heavy (non-hydrogen) atoms. The maximum absolute atomic E-state index is 11.5. The van der Waals surface area contributed by atoms with Crippen molar-refractivity contribution in [3.8, 4) is 0 Å². The van der Waals surface area contributed by atoms with Gasteiger partial charge in [0.15, 0.2) is 0 Å². The van der Waals surface area contributed by atoms with Gasteiger partial charge < -0.3 is 10.2 Å². The summed E-state index contributed by atoms with van der Waals surface area (Å²) in [5, 5.41) is 14.5. The highest BCUT2D eigenvalue weighted by molar-refractivity contribution is 5.70. The highest BCUT2D eigenvalue weighted by Gasteiger charge is 2.27. The molecule has 0 radical (unpaired) electrons. The SMILES string of the molecule is CCCNc1ncnc(N2CCCC(C)CC2)c1[N+](=O)[O-]. The van der Waals surface area contributed by atoms with Gasteiger partial charge in [-0.05, 0) is 31.6 Å². The molecule has 2 rings (SSSR count). The van der Waals surface area contributed by atoms with E-state index < -0.39 is 0 Å². The third-order valence-corrected chi connectivity index (χ3v) is 3.84. The fourth-order valence-corrected chi connectivity index (χ4v) is 2.62. The van der Waals surface area contributed by atoms with E-state index >= 15 is 0 Å². The number of nitro groups is 1. The lowest BCUT2D eigenvalue weighted by atomic mass is 10.0. The highest BCUT2D eigenvalue weighted by atomic mass is 16.6. The maximum Gasteiger partial charge on any atom is 0.353 e. The zero-order valence-electron chi connectivity index (χ0n) is 12.7. The second-order valence-electron chi connectivity index (χ2n) is 5.60. The van der Waals surface area contributed by atoms with Crippen LogP contribution in [0.5, 0.6) is 0 Å². The van der Waals surface area contributed by atoms with Crippen molar-refractivity contribution in [2.75, 3.05) is 29.9 Å². The Balaban J connectivity index is 2.31. The molecule has 116 valence electrons. The Kier molecular flexibility index (Phi) is 5.30. The van der Waals surface area contributed by atoms with Gasteiger partial charge in [-0.2, -0.15) is 0 Å². The second kappa shape index (κ2) is 7.19. The van der Waals surface area contributed by atoms with E-state index in [1.807, 2.05) is 11.8 Å². The van der Waals surface area contributed by atoms with Crippen molar-refractivity contribution in [2.45, 2.75) is 39.5 Å². The van der Waals surface area contributed by atoms with Crippen molar-refractivity contribution < 1.29 is 4.92 Å². The fourth-order valence-electron chi connectivity index (χ4n) is 2.62. The van der Waals surface area contributed by atoms with Crippen molar-refractivity contribution >= 4 is 17.3 Å². The molecule has 0 aliphatic carbocycles. The summed E-state index contributed by atoms with van der Waals surface area (Å²) in [6.07, 6.45) is 5.54. The van der Waals surface area contributed by atoms with E-state index in [4.69, 9.17) is 0 Å². The first-order valence-corrected chi connectivity index (χ1v) is 7.61. The van der Waals surface area contributed by atoms with Crippen LogP contribution < -0.4 is 10.2 Å². The van der Waals surface area contributed by atoms with E-state index in [0.29, 0.717) is 24.1 Å². The van der Waals surface area contributed by atoms with E-state index in [1.165, 1.54) is 6.33 Å². The second-order valence-corrected chi connectivity index (χ2v) is 5.60. The van der Waals surface area contributed by atoms with Gasteiger partial charge in [0.1, 0.15) is 6.33 Å². The van der Waals surface area contributed by atoms with Crippen LogP contribution in [0.15, 0.2) is 6.33 Å². The summed E-state index contributed by atoms with van der Waals surface area (Å²) in [6.45, 7) is 6.53. The summed E-state index contributed by atoms with van der Waals surface area (Å²) in [5.74, 6) is 1.43. The molecule has 0 saturated carbocycles. The Morgan fingerprint density at radius 1 is 1.43 bits per heavy atom. The number of aromatic nitrogens is 2. The minimum absolute atomic E-state index is 0.000466. The van der Waals surface area contributed by atoms with Crippen molar-refractivity contribution in [3.05, 3.63) is 16.4 Å². The number of nitrogens with one attached hydrogen (secondary N) is 1. The van der Waals surface area contributed by atoms with E-state index in [9.17, 15) is 10.1 Å². The summed E-state index contributed by atoms with van der Waals surface area (Å²) < 4.78 is 0. The molecule has 0 bridgehead atoms. The number of rotatable bonds is 5. The molecule has 1 unspecified atom stereocenters. The molecule has 1 aromatic heterocycles. The van der Waals surface area contributed by atoms with Gasteiger partial charge in [-0.15, -0.1) is 0 Å². The Labute approximate surface area is 124 Å². The zero-order valence-corrected chi connectivity index (χ0v) is 12.7. The first kappa shape index (κ1) is 15.5. The minimum Gasteiger partial charge on any atom is -0.364 e. The number of anilines is 2. The number of hydrogen-bond acceptors (Lipinski definition) is 6. The monoisotopic (exact) mass is 293 g/mol. The molecule has 0 aromatic carbocycles. The number of nitrogens with zero attached hydrogens (tertiary/aromatic N) is 4. The molecule has 1 aliphatic rings. The van der Waals surface area contributed by atoms with Crippen LogP contribution in [0.1, 0.15) is 39.5 Å². The normalized spacial score (nSPS) is 19.1. The first-order chi connectivity index (χ1) is 10.1. The van der Waals surface area contributed by atoms with E-state index in [2.05, 4.69) is 22.2 Å². The van der Waals surface area contributed by atoms with Gasteiger partial charge in [-0.1, -0.05) is 13.8 Å². The summed E-state index contributed by atoms with van der Waals surface area (Å²) >= 11 is 0. The van der Waals surface area contributed by atoms with E-state index in [1.54, 1.807) is 0 Å². The van der Waals surface area contributed by atoms with E-state index in [0.717, 1.165) is 38.8 Å². The van der Waals surface area contributed by atoms with Crippen LogP contribution in [-0.4, -0.2) is 34.5 Å². The Hall–Kier alpha value is -1.92. The van der Waals surface area contributed by atoms with Gasteiger partial charge in [0.25, 0.3) is 0 Å². The Morgan fingerprint density at radius 2 is 2.24 bits per heavy atom. The lowest BCUT2D eigenvalue weighted by molar-refractivity contribution is -0.383. The summed E-state index contributed by atoms with van der Waals surface area (Å²) in [6, 6.07) is 0. The molecule has 1 saturated heterocycles. The summed E-state index contributed by atoms with van der Waals surface area (Å²) in [7, 11) is 0. The van der Waals surface area contributed by atoms with Crippen LogP contribution in [0, 0.1) is 16.0 Å². The van der Waals surface area contributed by atoms with Gasteiger partial charge in [-0.3, -0.25) is 10.1 Å². The van der Waals surface area contributed by atoms with Gasteiger partial charge in [-0.25, -0.2) is 9.97 Å². The standard InChI is InChI=1S/C14H23N5O2/c1-3-7-15-13-12(19(20)21)14(17-10-16-13)18-8-4-5-11(2)6-9-18/h10-11H,3-9H2,1-2H3,(H,15,16,17). The minimum atomic E-state index is -0.373. The molecule has 1 N–H and O–H groups in total. The van der Waals surface area contributed by atoms with Crippen LogP contribution >= 0.6 is 0 Å². The predicted octanol–water partition coefficient (Wildman–Crippen LogP) is 2.83. The van der Waals surface area contributed by atoms with Crippen molar-refractivity contribution in [1.29, 1.82) is 0 Å². The molecule has 1 aliphatic heterocycles. The maximum atomic E-state index is 11.5. The topological polar surface area (TPSA) is 84.2 Å². The van der Waals surface area contributed by atoms with Gasteiger partial charge >= 0.3 is 5.69 Å². The lowest BCUT2D eigenvalue weighted by Gasteiger charge is -2.21. The lowest BCUT2D eigenvalue weighted by Crippen LogP contribution is -2.26. The fraction of sp³-hybridized carbons (Fsp3) is 0.714. The Morgan fingerprint density at radius 3 is 2.95 bits per heavy atom.